The van der Waals surface area contributed by atoms with E-state index in [-0.39, 0.29) is 17.7 Å². The highest BCUT2D eigenvalue weighted by Crippen LogP contribution is 2.33. The van der Waals surface area contributed by atoms with Gasteiger partial charge in [0.2, 0.25) is 5.91 Å². The molecule has 154 valence electrons. The fourth-order valence-electron chi connectivity index (χ4n) is 2.87. The molecule has 0 bridgehead atoms. The number of carbonyl (C=O) groups excluding carboxylic acids is 1. The number of thiophene rings is 1. The lowest BCUT2D eigenvalue weighted by Crippen LogP contribution is -2.15. The summed E-state index contributed by atoms with van der Waals surface area (Å²) in [5.74, 6) is 2.09. The molecule has 0 fully saturated rings. The predicted octanol–water partition coefficient (Wildman–Crippen LogP) is 5.45. The molecule has 3 rings (SSSR count). The van der Waals surface area contributed by atoms with E-state index in [9.17, 15) is 4.79 Å². The van der Waals surface area contributed by atoms with Crippen LogP contribution in [0.4, 0.5) is 5.69 Å². The van der Waals surface area contributed by atoms with Crippen molar-refractivity contribution in [2.45, 2.75) is 44.8 Å². The molecule has 0 aliphatic heterocycles. The fraction of sp³-hybridized carbons (Fsp3) is 0.381. The molecule has 1 aromatic carbocycles. The van der Waals surface area contributed by atoms with Crippen LogP contribution in [0.3, 0.4) is 0 Å². The zero-order valence-corrected chi connectivity index (χ0v) is 18.9. The second-order valence-corrected chi connectivity index (χ2v) is 9.08. The molecular weight excluding hydrogens is 404 g/mol. The van der Waals surface area contributed by atoms with Crippen LogP contribution in [0, 0.1) is 0 Å². The van der Waals surface area contributed by atoms with E-state index in [1.54, 1.807) is 18.4 Å². The molecule has 1 amide bonds. The summed E-state index contributed by atoms with van der Waals surface area (Å²) in [5.41, 5.74) is 1.73. The average molecular weight is 431 g/mol. The van der Waals surface area contributed by atoms with Crippen molar-refractivity contribution < 1.29 is 9.53 Å². The summed E-state index contributed by atoms with van der Waals surface area (Å²) in [7, 11) is 1.58. The molecule has 0 saturated carbocycles. The van der Waals surface area contributed by atoms with Crippen molar-refractivity contribution in [1.82, 2.24) is 14.8 Å². The van der Waals surface area contributed by atoms with Crippen molar-refractivity contribution in [3.63, 3.8) is 0 Å². The first-order valence-electron chi connectivity index (χ1n) is 9.50. The number of amides is 1. The second kappa shape index (κ2) is 9.45. The van der Waals surface area contributed by atoms with Crippen molar-refractivity contribution in [3.05, 3.63) is 40.6 Å². The van der Waals surface area contributed by atoms with Crippen molar-refractivity contribution in [2.24, 2.45) is 0 Å². The number of ether oxygens (including phenoxy) is 1. The monoisotopic (exact) mass is 430 g/mol. The molecule has 2 heterocycles. The number of rotatable bonds is 8. The third kappa shape index (κ3) is 5.00. The van der Waals surface area contributed by atoms with Crippen LogP contribution in [0.25, 0.3) is 11.4 Å². The van der Waals surface area contributed by atoms with Gasteiger partial charge in [-0.1, -0.05) is 37.7 Å². The Morgan fingerprint density at radius 3 is 2.66 bits per heavy atom. The van der Waals surface area contributed by atoms with Crippen LogP contribution in [-0.4, -0.2) is 33.5 Å². The quantitative estimate of drug-likeness (QED) is 0.481. The van der Waals surface area contributed by atoms with E-state index in [1.165, 1.54) is 16.6 Å². The number of nitrogens with one attached hydrogen (secondary N) is 1. The molecule has 0 aliphatic carbocycles. The minimum atomic E-state index is -0.114. The number of anilines is 1. The van der Waals surface area contributed by atoms with E-state index in [1.807, 2.05) is 24.3 Å². The minimum Gasteiger partial charge on any atom is -0.495 e. The third-order valence-electron chi connectivity index (χ3n) is 4.34. The molecule has 3 aromatic rings. The summed E-state index contributed by atoms with van der Waals surface area (Å²) in [6, 6.07) is 9.73. The van der Waals surface area contributed by atoms with Crippen LogP contribution in [0.15, 0.2) is 40.9 Å². The number of aromatic nitrogens is 3. The van der Waals surface area contributed by atoms with Crippen molar-refractivity contribution in [3.8, 4) is 17.1 Å². The summed E-state index contributed by atoms with van der Waals surface area (Å²) < 4.78 is 7.37. The highest BCUT2D eigenvalue weighted by Gasteiger charge is 2.19. The molecule has 8 heteroatoms. The average Bonchev–Trinajstić information content (AvgIpc) is 3.33. The van der Waals surface area contributed by atoms with Crippen LogP contribution >= 0.6 is 23.1 Å². The Kier molecular flexibility index (Phi) is 6.97. The number of para-hydroxylation sites is 2. The Labute approximate surface area is 179 Å². The van der Waals surface area contributed by atoms with Gasteiger partial charge in [0.05, 0.1) is 18.6 Å². The number of methoxy groups -OCH3 is 1. The largest absolute Gasteiger partial charge is 0.495 e. The first kappa shape index (κ1) is 21.4. The van der Waals surface area contributed by atoms with E-state index in [0.717, 1.165) is 16.5 Å². The summed E-state index contributed by atoms with van der Waals surface area (Å²) in [6.07, 6.45) is 0. The maximum atomic E-state index is 12.4. The molecule has 1 N–H and O–H groups in total. The molecule has 29 heavy (non-hydrogen) atoms. The number of hydrogen-bond donors (Lipinski definition) is 1. The number of carbonyl (C=O) groups is 1. The number of benzene rings is 1. The first-order valence-corrected chi connectivity index (χ1v) is 11.4. The normalized spacial score (nSPS) is 11.3. The molecule has 0 unspecified atom stereocenters. The highest BCUT2D eigenvalue weighted by molar-refractivity contribution is 7.99. The molecule has 2 aromatic heterocycles. The van der Waals surface area contributed by atoms with Gasteiger partial charge in [0.1, 0.15) is 5.75 Å². The Morgan fingerprint density at radius 1 is 1.24 bits per heavy atom. The molecule has 0 atom stereocenters. The molecule has 0 radical (unpaired) electrons. The van der Waals surface area contributed by atoms with Gasteiger partial charge >= 0.3 is 0 Å². The van der Waals surface area contributed by atoms with E-state index in [4.69, 9.17) is 4.74 Å². The topological polar surface area (TPSA) is 69.0 Å². The van der Waals surface area contributed by atoms with Crippen LogP contribution in [0.5, 0.6) is 5.75 Å². The Hall–Kier alpha value is -2.32. The standard InChI is InChI=1S/C21H26N4O2S2/c1-13(2)18-10-15(11-28-18)20-23-24-21(25(20)14(3)4)29-12-19(26)22-16-8-6-7-9-17(16)27-5/h6-11,13-14H,12H2,1-5H3,(H,22,26). The van der Waals surface area contributed by atoms with E-state index < -0.39 is 0 Å². The highest BCUT2D eigenvalue weighted by atomic mass is 32.2. The Morgan fingerprint density at radius 2 is 2.00 bits per heavy atom. The summed E-state index contributed by atoms with van der Waals surface area (Å²) >= 11 is 3.13. The lowest BCUT2D eigenvalue weighted by atomic mass is 10.1. The fourth-order valence-corrected chi connectivity index (χ4v) is 4.65. The molecule has 0 aliphatic rings. The van der Waals surface area contributed by atoms with Crippen molar-refractivity contribution in [2.75, 3.05) is 18.2 Å². The van der Waals surface area contributed by atoms with Crippen molar-refractivity contribution >= 4 is 34.7 Å². The molecule has 0 saturated heterocycles. The smallest absolute Gasteiger partial charge is 0.234 e. The van der Waals surface area contributed by atoms with Crippen LogP contribution in [-0.2, 0) is 4.79 Å². The van der Waals surface area contributed by atoms with Crippen LogP contribution in [0.2, 0.25) is 0 Å². The van der Waals surface area contributed by atoms with Crippen LogP contribution < -0.4 is 10.1 Å². The molecular formula is C21H26N4O2S2. The van der Waals surface area contributed by atoms with E-state index >= 15 is 0 Å². The minimum absolute atomic E-state index is 0.114. The zero-order valence-electron chi connectivity index (χ0n) is 17.3. The van der Waals surface area contributed by atoms with E-state index in [2.05, 4.69) is 59.2 Å². The first-order chi connectivity index (χ1) is 13.9. The van der Waals surface area contributed by atoms with Crippen LogP contribution in [0.1, 0.15) is 44.5 Å². The second-order valence-electron chi connectivity index (χ2n) is 7.20. The van der Waals surface area contributed by atoms with Gasteiger partial charge in [-0.25, -0.2) is 0 Å². The van der Waals surface area contributed by atoms with Gasteiger partial charge in [-0.3, -0.25) is 9.36 Å². The summed E-state index contributed by atoms with van der Waals surface area (Å²) in [5, 5.41) is 14.5. The van der Waals surface area contributed by atoms with Gasteiger partial charge in [-0.15, -0.1) is 21.5 Å². The third-order valence-corrected chi connectivity index (χ3v) is 6.52. The van der Waals surface area contributed by atoms with Crippen molar-refractivity contribution in [1.29, 1.82) is 0 Å². The van der Waals surface area contributed by atoms with E-state index in [0.29, 0.717) is 17.4 Å². The molecule has 0 spiro atoms. The lowest BCUT2D eigenvalue weighted by molar-refractivity contribution is -0.113. The van der Waals surface area contributed by atoms with Gasteiger partial charge in [0, 0.05) is 21.9 Å². The lowest BCUT2D eigenvalue weighted by Gasteiger charge is -2.13. The number of nitrogens with zero attached hydrogens (tertiary/aromatic N) is 3. The van der Waals surface area contributed by atoms with Gasteiger partial charge in [0.15, 0.2) is 11.0 Å². The Bertz CT molecular complexity index is 979. The summed E-state index contributed by atoms with van der Waals surface area (Å²) in [4.78, 5) is 13.8. The SMILES string of the molecule is COc1ccccc1NC(=O)CSc1nnc(-c2csc(C(C)C)c2)n1C(C)C. The molecule has 6 nitrogen and oxygen atoms in total. The summed E-state index contributed by atoms with van der Waals surface area (Å²) in [6.45, 7) is 8.57. The number of hydrogen-bond acceptors (Lipinski definition) is 6. The Balaban J connectivity index is 1.74. The van der Waals surface area contributed by atoms with Gasteiger partial charge < -0.3 is 10.1 Å². The van der Waals surface area contributed by atoms with Gasteiger partial charge in [0.25, 0.3) is 0 Å². The predicted molar refractivity (Wildman–Crippen MR) is 120 cm³/mol. The number of thioether (sulfide) groups is 1. The zero-order chi connectivity index (χ0) is 21.0. The van der Waals surface area contributed by atoms with Gasteiger partial charge in [-0.2, -0.15) is 0 Å². The maximum absolute atomic E-state index is 12.4. The van der Waals surface area contributed by atoms with Gasteiger partial charge in [-0.05, 0) is 38.0 Å². The maximum Gasteiger partial charge on any atom is 0.234 e.